The van der Waals surface area contributed by atoms with Crippen molar-refractivity contribution in [2.24, 2.45) is 0 Å². The molecular weight excluding hydrogens is 260 g/mol. The Labute approximate surface area is 124 Å². The molecule has 1 aromatic heterocycles. The van der Waals surface area contributed by atoms with Gasteiger partial charge in [-0.3, -0.25) is 4.79 Å². The molecule has 2 heteroatoms. The zero-order chi connectivity index (χ0) is 14.7. The first kappa shape index (κ1) is 13.6. The van der Waals surface area contributed by atoms with Gasteiger partial charge in [-0.25, -0.2) is 0 Å². The van der Waals surface area contributed by atoms with Crippen LogP contribution in [-0.2, 0) is 6.42 Å². The summed E-state index contributed by atoms with van der Waals surface area (Å²) in [6.45, 7) is 2.00. The number of hydrogen-bond donors (Lipinski definition) is 0. The molecule has 106 valence electrons. The number of carbonyl (C=O) groups excluding carboxylic acids is 1. The van der Waals surface area contributed by atoms with E-state index in [1.807, 2.05) is 49.4 Å². The maximum absolute atomic E-state index is 12.2. The lowest BCUT2D eigenvalue weighted by atomic mass is 10.1. The van der Waals surface area contributed by atoms with Crippen LogP contribution < -0.4 is 0 Å². The molecule has 3 rings (SSSR count). The standard InChI is InChI=1S/C19H18O2/c1-14-7-5-11-16-13-18(21-19(14)16)17(20)12-6-10-15-8-3-2-4-9-15/h2-5,7-9,11,13H,6,10,12H2,1H3. The van der Waals surface area contributed by atoms with Gasteiger partial charge < -0.3 is 4.42 Å². The zero-order valence-corrected chi connectivity index (χ0v) is 12.1. The van der Waals surface area contributed by atoms with Gasteiger partial charge in [0, 0.05) is 11.8 Å². The second-order valence-electron chi connectivity index (χ2n) is 5.37. The normalized spacial score (nSPS) is 10.9. The lowest BCUT2D eigenvalue weighted by Crippen LogP contribution is -1.98. The third-order valence-electron chi connectivity index (χ3n) is 3.73. The number of furan rings is 1. The predicted octanol–water partition coefficient (Wildman–Crippen LogP) is 4.95. The quantitative estimate of drug-likeness (QED) is 0.618. The average molecular weight is 278 g/mol. The average Bonchev–Trinajstić information content (AvgIpc) is 2.94. The molecular formula is C19H18O2. The molecule has 3 aromatic rings. The van der Waals surface area contributed by atoms with Crippen LogP contribution in [0.2, 0.25) is 0 Å². The summed E-state index contributed by atoms with van der Waals surface area (Å²) in [7, 11) is 0. The van der Waals surface area contributed by atoms with E-state index in [0.717, 1.165) is 29.4 Å². The Morgan fingerprint density at radius 3 is 2.62 bits per heavy atom. The maximum Gasteiger partial charge on any atom is 0.198 e. The minimum absolute atomic E-state index is 0.0848. The molecule has 0 unspecified atom stereocenters. The monoisotopic (exact) mass is 278 g/mol. The van der Waals surface area contributed by atoms with E-state index in [0.29, 0.717) is 12.2 Å². The van der Waals surface area contributed by atoms with Crippen molar-refractivity contribution in [3.05, 3.63) is 71.5 Å². The summed E-state index contributed by atoms with van der Waals surface area (Å²) in [5, 5.41) is 1.00. The molecule has 0 saturated heterocycles. The summed E-state index contributed by atoms with van der Waals surface area (Å²) >= 11 is 0. The van der Waals surface area contributed by atoms with E-state index in [4.69, 9.17) is 4.42 Å². The molecule has 2 nitrogen and oxygen atoms in total. The van der Waals surface area contributed by atoms with Crippen molar-refractivity contribution in [1.29, 1.82) is 0 Å². The molecule has 0 bridgehead atoms. The molecule has 0 N–H and O–H groups in total. The van der Waals surface area contributed by atoms with E-state index in [-0.39, 0.29) is 5.78 Å². The first-order chi connectivity index (χ1) is 10.2. The van der Waals surface area contributed by atoms with Crippen molar-refractivity contribution in [2.75, 3.05) is 0 Å². The summed E-state index contributed by atoms with van der Waals surface area (Å²) in [6.07, 6.45) is 2.29. The van der Waals surface area contributed by atoms with Crippen molar-refractivity contribution in [3.8, 4) is 0 Å². The molecule has 0 spiro atoms. The Hall–Kier alpha value is -2.35. The van der Waals surface area contributed by atoms with E-state index in [1.165, 1.54) is 5.56 Å². The van der Waals surface area contributed by atoms with Crippen molar-refractivity contribution in [3.63, 3.8) is 0 Å². The summed E-state index contributed by atoms with van der Waals surface area (Å²) in [5.41, 5.74) is 3.16. The van der Waals surface area contributed by atoms with Crippen LogP contribution in [0.3, 0.4) is 0 Å². The number of fused-ring (bicyclic) bond motifs is 1. The molecule has 2 aromatic carbocycles. The van der Waals surface area contributed by atoms with Crippen molar-refractivity contribution >= 4 is 16.8 Å². The fourth-order valence-electron chi connectivity index (χ4n) is 2.57. The third kappa shape index (κ3) is 3.05. The van der Waals surface area contributed by atoms with E-state index in [2.05, 4.69) is 12.1 Å². The van der Waals surface area contributed by atoms with Gasteiger partial charge in [-0.05, 0) is 37.0 Å². The van der Waals surface area contributed by atoms with E-state index >= 15 is 0 Å². The van der Waals surface area contributed by atoms with E-state index in [9.17, 15) is 4.79 Å². The van der Waals surface area contributed by atoms with Crippen LogP contribution in [0.1, 0.15) is 34.5 Å². The molecule has 0 aliphatic carbocycles. The van der Waals surface area contributed by atoms with Crippen molar-refractivity contribution in [2.45, 2.75) is 26.2 Å². The lowest BCUT2D eigenvalue weighted by molar-refractivity contribution is 0.0955. The number of carbonyl (C=O) groups is 1. The maximum atomic E-state index is 12.2. The second kappa shape index (κ2) is 5.96. The summed E-state index contributed by atoms with van der Waals surface area (Å²) in [6, 6.07) is 18.1. The fraction of sp³-hybridized carbons (Fsp3) is 0.211. The Balaban J connectivity index is 1.65. The zero-order valence-electron chi connectivity index (χ0n) is 12.1. The number of hydrogen-bond acceptors (Lipinski definition) is 2. The summed E-state index contributed by atoms with van der Waals surface area (Å²) in [4.78, 5) is 12.2. The molecule has 0 saturated carbocycles. The van der Waals surface area contributed by atoms with Crippen LogP contribution >= 0.6 is 0 Å². The van der Waals surface area contributed by atoms with Crippen LogP contribution in [0.5, 0.6) is 0 Å². The molecule has 21 heavy (non-hydrogen) atoms. The summed E-state index contributed by atoms with van der Waals surface area (Å²) < 4.78 is 5.71. The number of Topliss-reactive ketones (excluding diaryl/α,β-unsaturated/α-hetero) is 1. The SMILES string of the molecule is Cc1cccc2cc(C(=O)CCCc3ccccc3)oc12. The Morgan fingerprint density at radius 2 is 1.86 bits per heavy atom. The first-order valence-electron chi connectivity index (χ1n) is 7.30. The predicted molar refractivity (Wildman–Crippen MR) is 84.7 cm³/mol. The van der Waals surface area contributed by atoms with Crippen LogP contribution in [0.15, 0.2) is 59.0 Å². The highest BCUT2D eigenvalue weighted by Crippen LogP contribution is 2.23. The van der Waals surface area contributed by atoms with Crippen LogP contribution in [0.25, 0.3) is 11.0 Å². The van der Waals surface area contributed by atoms with E-state index in [1.54, 1.807) is 0 Å². The summed E-state index contributed by atoms with van der Waals surface area (Å²) in [5.74, 6) is 0.564. The first-order valence-corrected chi connectivity index (χ1v) is 7.30. The fourth-order valence-corrected chi connectivity index (χ4v) is 2.57. The molecule has 0 aliphatic heterocycles. The van der Waals surface area contributed by atoms with Gasteiger partial charge in [0.2, 0.25) is 0 Å². The molecule has 0 aliphatic rings. The second-order valence-corrected chi connectivity index (χ2v) is 5.37. The number of rotatable bonds is 5. The smallest absolute Gasteiger partial charge is 0.198 e. The topological polar surface area (TPSA) is 30.2 Å². The molecule has 0 radical (unpaired) electrons. The largest absolute Gasteiger partial charge is 0.453 e. The van der Waals surface area contributed by atoms with Crippen molar-refractivity contribution < 1.29 is 9.21 Å². The van der Waals surface area contributed by atoms with Gasteiger partial charge in [-0.1, -0.05) is 48.5 Å². The van der Waals surface area contributed by atoms with Gasteiger partial charge in [0.05, 0.1) is 0 Å². The third-order valence-corrected chi connectivity index (χ3v) is 3.73. The Kier molecular flexibility index (Phi) is 3.87. The highest BCUT2D eigenvalue weighted by molar-refractivity contribution is 5.98. The van der Waals surface area contributed by atoms with Crippen LogP contribution in [0, 0.1) is 6.92 Å². The molecule has 1 heterocycles. The van der Waals surface area contributed by atoms with E-state index < -0.39 is 0 Å². The highest BCUT2D eigenvalue weighted by atomic mass is 16.3. The van der Waals surface area contributed by atoms with Crippen LogP contribution in [-0.4, -0.2) is 5.78 Å². The molecule has 0 fully saturated rings. The van der Waals surface area contributed by atoms with Gasteiger partial charge in [-0.15, -0.1) is 0 Å². The van der Waals surface area contributed by atoms with Gasteiger partial charge in [0.25, 0.3) is 0 Å². The van der Waals surface area contributed by atoms with Gasteiger partial charge in [0.1, 0.15) is 5.58 Å². The Bertz CT molecular complexity index is 754. The van der Waals surface area contributed by atoms with Gasteiger partial charge in [-0.2, -0.15) is 0 Å². The number of para-hydroxylation sites is 1. The number of benzene rings is 2. The number of aryl methyl sites for hydroxylation is 2. The lowest BCUT2D eigenvalue weighted by Gasteiger charge is -2.00. The molecule has 0 amide bonds. The van der Waals surface area contributed by atoms with Gasteiger partial charge in [0.15, 0.2) is 11.5 Å². The van der Waals surface area contributed by atoms with Crippen LogP contribution in [0.4, 0.5) is 0 Å². The van der Waals surface area contributed by atoms with Gasteiger partial charge >= 0.3 is 0 Å². The minimum Gasteiger partial charge on any atom is -0.453 e. The Morgan fingerprint density at radius 1 is 1.05 bits per heavy atom. The molecule has 0 atom stereocenters. The minimum atomic E-state index is 0.0848. The number of ketones is 1. The highest BCUT2D eigenvalue weighted by Gasteiger charge is 2.12. The van der Waals surface area contributed by atoms with Crippen molar-refractivity contribution in [1.82, 2.24) is 0 Å².